The number of aryl methyl sites for hydroxylation is 2. The molecule has 0 bridgehead atoms. The molecule has 2 aromatic rings. The quantitative estimate of drug-likeness (QED) is 0.865. The van der Waals surface area contributed by atoms with Crippen LogP contribution in [0.25, 0.3) is 0 Å². The number of hydrogen-bond donors (Lipinski definition) is 0. The molecule has 0 saturated heterocycles. The van der Waals surface area contributed by atoms with E-state index in [9.17, 15) is 8.42 Å². The summed E-state index contributed by atoms with van der Waals surface area (Å²) in [5.74, 6) is 0.367. The molecule has 4 heteroatoms. The van der Waals surface area contributed by atoms with Crippen molar-refractivity contribution in [3.05, 3.63) is 53.6 Å². The molecule has 2 rings (SSSR count). The second-order valence-electron chi connectivity index (χ2n) is 4.47. The van der Waals surface area contributed by atoms with E-state index in [4.69, 9.17) is 4.74 Å². The van der Waals surface area contributed by atoms with Crippen molar-refractivity contribution in [1.82, 2.24) is 0 Å². The summed E-state index contributed by atoms with van der Waals surface area (Å²) in [4.78, 5) is 0.487. The fraction of sp³-hybridized carbons (Fsp3) is 0.200. The molecule has 0 amide bonds. The lowest BCUT2D eigenvalue weighted by Gasteiger charge is -2.10. The van der Waals surface area contributed by atoms with E-state index in [1.807, 2.05) is 19.9 Å². The number of rotatable bonds is 3. The van der Waals surface area contributed by atoms with E-state index < -0.39 is 9.84 Å². The molecule has 0 aliphatic heterocycles. The Morgan fingerprint density at radius 2 is 1.47 bits per heavy atom. The highest BCUT2D eigenvalue weighted by atomic mass is 32.2. The minimum Gasteiger partial charge on any atom is -0.495 e. The van der Waals surface area contributed by atoms with E-state index in [2.05, 4.69) is 0 Å². The highest BCUT2D eigenvalue weighted by molar-refractivity contribution is 7.91. The Morgan fingerprint density at radius 1 is 0.895 bits per heavy atom. The third-order valence-corrected chi connectivity index (χ3v) is 4.73. The number of methoxy groups -OCH3 is 1. The van der Waals surface area contributed by atoms with Crippen molar-refractivity contribution < 1.29 is 13.2 Å². The van der Waals surface area contributed by atoms with Gasteiger partial charge in [-0.1, -0.05) is 23.8 Å². The molecular formula is C15H16O3S. The first-order chi connectivity index (χ1) is 8.95. The predicted molar refractivity (Wildman–Crippen MR) is 74.4 cm³/mol. The minimum absolute atomic E-state index is 0.207. The molecule has 0 aliphatic rings. The molecule has 2 aromatic carbocycles. The average molecular weight is 276 g/mol. The van der Waals surface area contributed by atoms with E-state index in [1.54, 1.807) is 36.4 Å². The maximum atomic E-state index is 12.6. The van der Waals surface area contributed by atoms with Gasteiger partial charge in [-0.05, 0) is 43.7 Å². The van der Waals surface area contributed by atoms with Crippen molar-refractivity contribution in [2.45, 2.75) is 23.6 Å². The van der Waals surface area contributed by atoms with E-state index in [1.165, 1.54) is 7.11 Å². The number of benzene rings is 2. The van der Waals surface area contributed by atoms with Gasteiger partial charge >= 0.3 is 0 Å². The van der Waals surface area contributed by atoms with Crippen LogP contribution in [0.15, 0.2) is 52.3 Å². The highest BCUT2D eigenvalue weighted by Gasteiger charge is 2.22. The zero-order valence-electron chi connectivity index (χ0n) is 11.2. The minimum atomic E-state index is -3.55. The fourth-order valence-corrected chi connectivity index (χ4v) is 3.34. The third-order valence-electron chi connectivity index (χ3n) is 2.94. The summed E-state index contributed by atoms with van der Waals surface area (Å²) < 4.78 is 30.3. The van der Waals surface area contributed by atoms with Gasteiger partial charge in [-0.25, -0.2) is 8.42 Å². The lowest BCUT2D eigenvalue weighted by Crippen LogP contribution is -2.04. The normalized spacial score (nSPS) is 11.3. The van der Waals surface area contributed by atoms with Crippen LogP contribution in [-0.2, 0) is 9.84 Å². The van der Waals surface area contributed by atoms with Crippen LogP contribution < -0.4 is 4.74 Å². The van der Waals surface area contributed by atoms with Crippen molar-refractivity contribution in [2.24, 2.45) is 0 Å². The van der Waals surface area contributed by atoms with Crippen LogP contribution in [0.4, 0.5) is 0 Å². The van der Waals surface area contributed by atoms with Gasteiger partial charge in [0, 0.05) is 0 Å². The zero-order chi connectivity index (χ0) is 14.0. The van der Waals surface area contributed by atoms with E-state index in [0.29, 0.717) is 5.75 Å². The summed E-state index contributed by atoms with van der Waals surface area (Å²) >= 11 is 0. The van der Waals surface area contributed by atoms with Crippen LogP contribution in [0.1, 0.15) is 11.1 Å². The van der Waals surface area contributed by atoms with E-state index >= 15 is 0 Å². The van der Waals surface area contributed by atoms with Crippen molar-refractivity contribution in [2.75, 3.05) is 7.11 Å². The van der Waals surface area contributed by atoms with Crippen LogP contribution in [0.5, 0.6) is 5.75 Å². The smallest absolute Gasteiger partial charge is 0.210 e. The largest absolute Gasteiger partial charge is 0.495 e. The SMILES string of the molecule is COc1ccc(C)cc1S(=O)(=O)c1ccc(C)cc1. The van der Waals surface area contributed by atoms with Gasteiger partial charge in [0.1, 0.15) is 10.6 Å². The van der Waals surface area contributed by atoms with E-state index in [0.717, 1.165) is 11.1 Å². The molecule has 100 valence electrons. The van der Waals surface area contributed by atoms with Crippen LogP contribution in [0.2, 0.25) is 0 Å². The molecule has 19 heavy (non-hydrogen) atoms. The lowest BCUT2D eigenvalue weighted by molar-refractivity contribution is 0.402. The van der Waals surface area contributed by atoms with E-state index in [-0.39, 0.29) is 9.79 Å². The van der Waals surface area contributed by atoms with Gasteiger partial charge in [-0.3, -0.25) is 0 Å². The van der Waals surface area contributed by atoms with Crippen LogP contribution >= 0.6 is 0 Å². The molecule has 0 saturated carbocycles. The lowest BCUT2D eigenvalue weighted by atomic mass is 10.2. The van der Waals surface area contributed by atoms with Crippen LogP contribution in [0.3, 0.4) is 0 Å². The summed E-state index contributed by atoms with van der Waals surface area (Å²) in [5, 5.41) is 0. The molecule has 0 aliphatic carbocycles. The van der Waals surface area contributed by atoms with Crippen molar-refractivity contribution >= 4 is 9.84 Å². The first-order valence-electron chi connectivity index (χ1n) is 5.91. The number of hydrogen-bond acceptors (Lipinski definition) is 3. The summed E-state index contributed by atoms with van der Waals surface area (Å²) in [6.45, 7) is 3.78. The molecule has 0 spiro atoms. The summed E-state index contributed by atoms with van der Waals surface area (Å²) in [5.41, 5.74) is 1.90. The van der Waals surface area contributed by atoms with Crippen molar-refractivity contribution in [1.29, 1.82) is 0 Å². The Labute approximate surface area is 113 Å². The molecule has 0 heterocycles. The molecule has 0 unspecified atom stereocenters. The summed E-state index contributed by atoms with van der Waals surface area (Å²) in [6, 6.07) is 11.9. The van der Waals surface area contributed by atoms with Gasteiger partial charge in [-0.15, -0.1) is 0 Å². The van der Waals surface area contributed by atoms with Crippen LogP contribution in [-0.4, -0.2) is 15.5 Å². The van der Waals surface area contributed by atoms with Crippen LogP contribution in [0, 0.1) is 13.8 Å². The average Bonchev–Trinajstić information content (AvgIpc) is 2.39. The maximum Gasteiger partial charge on any atom is 0.210 e. The van der Waals surface area contributed by atoms with Gasteiger partial charge in [0.05, 0.1) is 12.0 Å². The Bertz CT molecular complexity index is 686. The molecule has 3 nitrogen and oxygen atoms in total. The Balaban J connectivity index is 2.62. The molecule has 0 aromatic heterocycles. The molecular weight excluding hydrogens is 260 g/mol. The zero-order valence-corrected chi connectivity index (χ0v) is 12.0. The Morgan fingerprint density at radius 3 is 2.05 bits per heavy atom. The highest BCUT2D eigenvalue weighted by Crippen LogP contribution is 2.30. The number of sulfone groups is 1. The summed E-state index contributed by atoms with van der Waals surface area (Å²) in [6.07, 6.45) is 0. The molecule has 0 N–H and O–H groups in total. The van der Waals surface area contributed by atoms with Gasteiger partial charge in [0.2, 0.25) is 9.84 Å². The molecule has 0 atom stereocenters. The fourth-order valence-electron chi connectivity index (χ4n) is 1.84. The third kappa shape index (κ3) is 2.63. The standard InChI is InChI=1S/C15H16O3S/c1-11-4-7-13(8-5-11)19(16,17)15-10-12(2)6-9-14(15)18-3/h4-10H,1-3H3. The van der Waals surface area contributed by atoms with Crippen molar-refractivity contribution in [3.63, 3.8) is 0 Å². The monoisotopic (exact) mass is 276 g/mol. The number of ether oxygens (including phenoxy) is 1. The van der Waals surface area contributed by atoms with Gasteiger partial charge in [-0.2, -0.15) is 0 Å². The first-order valence-corrected chi connectivity index (χ1v) is 7.40. The molecule has 0 fully saturated rings. The topological polar surface area (TPSA) is 43.4 Å². The van der Waals surface area contributed by atoms with Gasteiger partial charge in [0.25, 0.3) is 0 Å². The summed E-state index contributed by atoms with van der Waals surface area (Å²) in [7, 11) is -2.07. The molecule has 0 radical (unpaired) electrons. The second kappa shape index (κ2) is 5.05. The Hall–Kier alpha value is -1.81. The first kappa shape index (κ1) is 13.6. The maximum absolute atomic E-state index is 12.6. The van der Waals surface area contributed by atoms with Crippen molar-refractivity contribution in [3.8, 4) is 5.75 Å². The Kier molecular flexibility index (Phi) is 3.62. The predicted octanol–water partition coefficient (Wildman–Crippen LogP) is 3.14. The van der Waals surface area contributed by atoms with Gasteiger partial charge < -0.3 is 4.74 Å². The second-order valence-corrected chi connectivity index (χ2v) is 6.39. The van der Waals surface area contributed by atoms with Gasteiger partial charge in [0.15, 0.2) is 0 Å².